The SMILES string of the molecule is O=C(C(Cl)Cl)N1CCC(N2CCCC2)C1. The third-order valence-corrected chi connectivity index (χ3v) is 3.69. The van der Waals surface area contributed by atoms with Crippen LogP contribution in [0.2, 0.25) is 0 Å². The summed E-state index contributed by atoms with van der Waals surface area (Å²) in [7, 11) is 0. The van der Waals surface area contributed by atoms with Crippen molar-refractivity contribution in [1.29, 1.82) is 0 Å². The lowest BCUT2D eigenvalue weighted by molar-refractivity contribution is -0.128. The van der Waals surface area contributed by atoms with E-state index in [0.29, 0.717) is 6.04 Å². The van der Waals surface area contributed by atoms with E-state index in [1.165, 1.54) is 25.9 Å². The van der Waals surface area contributed by atoms with Crippen molar-refractivity contribution in [3.63, 3.8) is 0 Å². The normalized spacial score (nSPS) is 27.9. The van der Waals surface area contributed by atoms with Crippen LogP contribution in [0.1, 0.15) is 19.3 Å². The predicted octanol–water partition coefficient (Wildman–Crippen LogP) is 1.49. The Bertz CT molecular complexity index is 242. The number of amides is 1. The molecule has 0 radical (unpaired) electrons. The Kier molecular flexibility index (Phi) is 3.75. The zero-order chi connectivity index (χ0) is 10.8. The molecule has 2 saturated heterocycles. The van der Waals surface area contributed by atoms with Crippen LogP contribution in [0.25, 0.3) is 0 Å². The second kappa shape index (κ2) is 4.89. The maximum atomic E-state index is 11.5. The Hall–Kier alpha value is 0.01000. The first-order valence-electron chi connectivity index (χ1n) is 5.49. The van der Waals surface area contributed by atoms with Gasteiger partial charge in [-0.25, -0.2) is 0 Å². The molecule has 1 atom stereocenters. The highest BCUT2D eigenvalue weighted by atomic mass is 35.5. The van der Waals surface area contributed by atoms with Crippen molar-refractivity contribution >= 4 is 29.1 Å². The first-order valence-corrected chi connectivity index (χ1v) is 6.37. The van der Waals surface area contributed by atoms with Gasteiger partial charge in [0.1, 0.15) is 0 Å². The molecular weight excluding hydrogens is 235 g/mol. The topological polar surface area (TPSA) is 23.6 Å². The van der Waals surface area contributed by atoms with Crippen LogP contribution in [0, 0.1) is 0 Å². The molecule has 2 aliphatic heterocycles. The minimum Gasteiger partial charge on any atom is -0.339 e. The van der Waals surface area contributed by atoms with Crippen LogP contribution >= 0.6 is 23.2 Å². The van der Waals surface area contributed by atoms with E-state index in [9.17, 15) is 4.79 Å². The van der Waals surface area contributed by atoms with E-state index in [1.54, 1.807) is 4.90 Å². The first kappa shape index (κ1) is 11.5. The summed E-state index contributed by atoms with van der Waals surface area (Å²) in [6.07, 6.45) is 3.64. The van der Waals surface area contributed by atoms with Crippen LogP contribution in [0.4, 0.5) is 0 Å². The van der Waals surface area contributed by atoms with Crippen LogP contribution in [-0.4, -0.2) is 52.8 Å². The van der Waals surface area contributed by atoms with Crippen molar-refractivity contribution in [3.05, 3.63) is 0 Å². The molecule has 5 heteroatoms. The van der Waals surface area contributed by atoms with Crippen LogP contribution in [-0.2, 0) is 4.79 Å². The number of hydrogen-bond acceptors (Lipinski definition) is 2. The van der Waals surface area contributed by atoms with Crippen LogP contribution in [0.5, 0.6) is 0 Å². The van der Waals surface area contributed by atoms with E-state index in [2.05, 4.69) is 4.90 Å². The molecule has 2 fully saturated rings. The van der Waals surface area contributed by atoms with E-state index in [4.69, 9.17) is 23.2 Å². The highest BCUT2D eigenvalue weighted by molar-refractivity contribution is 6.53. The van der Waals surface area contributed by atoms with Crippen molar-refractivity contribution in [2.45, 2.75) is 30.1 Å². The molecule has 3 nitrogen and oxygen atoms in total. The molecule has 0 saturated carbocycles. The Balaban J connectivity index is 1.86. The summed E-state index contributed by atoms with van der Waals surface area (Å²) < 4.78 is 0. The van der Waals surface area contributed by atoms with E-state index < -0.39 is 4.84 Å². The number of nitrogens with zero attached hydrogens (tertiary/aromatic N) is 2. The summed E-state index contributed by atoms with van der Waals surface area (Å²) in [5.41, 5.74) is 0. The van der Waals surface area contributed by atoms with Gasteiger partial charge in [-0.2, -0.15) is 0 Å². The van der Waals surface area contributed by atoms with Gasteiger partial charge < -0.3 is 4.90 Å². The molecule has 0 aromatic heterocycles. The molecule has 1 unspecified atom stereocenters. The van der Waals surface area contributed by atoms with Gasteiger partial charge in [-0.15, -0.1) is 0 Å². The van der Waals surface area contributed by atoms with Crippen LogP contribution < -0.4 is 0 Å². The number of rotatable bonds is 2. The summed E-state index contributed by atoms with van der Waals surface area (Å²) in [6, 6.07) is 0.531. The maximum Gasteiger partial charge on any atom is 0.255 e. The number of alkyl halides is 2. The third-order valence-electron chi connectivity index (χ3n) is 3.32. The summed E-state index contributed by atoms with van der Waals surface area (Å²) in [6.45, 7) is 3.96. The van der Waals surface area contributed by atoms with Gasteiger partial charge in [0.15, 0.2) is 4.84 Å². The Morgan fingerprint density at radius 3 is 2.47 bits per heavy atom. The first-order chi connectivity index (χ1) is 7.18. The van der Waals surface area contributed by atoms with Crippen LogP contribution in [0.3, 0.4) is 0 Å². The molecule has 0 aliphatic carbocycles. The van der Waals surface area contributed by atoms with Crippen molar-refractivity contribution in [3.8, 4) is 0 Å². The smallest absolute Gasteiger partial charge is 0.255 e. The minimum absolute atomic E-state index is 0.139. The quantitative estimate of drug-likeness (QED) is 0.694. The lowest BCUT2D eigenvalue weighted by Crippen LogP contribution is -2.38. The van der Waals surface area contributed by atoms with E-state index in [1.807, 2.05) is 0 Å². The standard InChI is InChI=1S/C10H16Cl2N2O/c11-9(12)10(15)14-6-3-8(7-14)13-4-1-2-5-13/h8-9H,1-7H2. The summed E-state index contributed by atoms with van der Waals surface area (Å²) in [5, 5.41) is 0. The third kappa shape index (κ3) is 2.58. The Morgan fingerprint density at radius 1 is 1.20 bits per heavy atom. The zero-order valence-electron chi connectivity index (χ0n) is 8.66. The average Bonchev–Trinajstić information content (AvgIpc) is 2.86. The van der Waals surface area contributed by atoms with Crippen molar-refractivity contribution in [2.24, 2.45) is 0 Å². The van der Waals surface area contributed by atoms with Gasteiger partial charge >= 0.3 is 0 Å². The van der Waals surface area contributed by atoms with Crippen molar-refractivity contribution in [2.75, 3.05) is 26.2 Å². The fourth-order valence-electron chi connectivity index (χ4n) is 2.48. The number of halogens is 2. The molecule has 0 aromatic rings. The largest absolute Gasteiger partial charge is 0.339 e. The highest BCUT2D eigenvalue weighted by Gasteiger charge is 2.33. The molecule has 0 spiro atoms. The molecule has 2 rings (SSSR count). The van der Waals surface area contributed by atoms with Crippen LogP contribution in [0.15, 0.2) is 0 Å². The number of carbonyl (C=O) groups is 1. The molecule has 15 heavy (non-hydrogen) atoms. The van der Waals surface area contributed by atoms with Gasteiger partial charge in [-0.1, -0.05) is 23.2 Å². The summed E-state index contributed by atoms with van der Waals surface area (Å²) >= 11 is 11.2. The summed E-state index contributed by atoms with van der Waals surface area (Å²) in [4.78, 5) is 14.9. The van der Waals surface area contributed by atoms with E-state index in [0.717, 1.165) is 19.5 Å². The molecule has 0 N–H and O–H groups in total. The minimum atomic E-state index is -0.901. The molecule has 2 heterocycles. The molecule has 0 bridgehead atoms. The average molecular weight is 251 g/mol. The fourth-order valence-corrected chi connectivity index (χ4v) is 2.76. The van der Waals surface area contributed by atoms with E-state index in [-0.39, 0.29) is 5.91 Å². The molecule has 86 valence electrons. The lowest BCUT2D eigenvalue weighted by Gasteiger charge is -2.23. The van der Waals surface area contributed by atoms with E-state index >= 15 is 0 Å². The zero-order valence-corrected chi connectivity index (χ0v) is 10.2. The monoisotopic (exact) mass is 250 g/mol. The van der Waals surface area contributed by atoms with Gasteiger partial charge in [0.05, 0.1) is 0 Å². The van der Waals surface area contributed by atoms with Crippen molar-refractivity contribution in [1.82, 2.24) is 9.80 Å². The number of hydrogen-bond donors (Lipinski definition) is 0. The Morgan fingerprint density at radius 2 is 1.87 bits per heavy atom. The molecule has 0 aromatic carbocycles. The molecular formula is C10H16Cl2N2O. The number of likely N-dealkylation sites (tertiary alicyclic amines) is 2. The van der Waals surface area contributed by atoms with Gasteiger partial charge in [0, 0.05) is 19.1 Å². The lowest BCUT2D eigenvalue weighted by atomic mass is 10.2. The second-order valence-corrected chi connectivity index (χ2v) is 5.37. The fraction of sp³-hybridized carbons (Fsp3) is 0.900. The highest BCUT2D eigenvalue weighted by Crippen LogP contribution is 2.22. The van der Waals surface area contributed by atoms with Gasteiger partial charge in [-0.05, 0) is 32.4 Å². The molecule has 2 aliphatic rings. The molecule has 1 amide bonds. The van der Waals surface area contributed by atoms with Gasteiger partial charge in [0.2, 0.25) is 0 Å². The van der Waals surface area contributed by atoms with Gasteiger partial charge in [-0.3, -0.25) is 9.69 Å². The maximum absolute atomic E-state index is 11.5. The van der Waals surface area contributed by atoms with Gasteiger partial charge in [0.25, 0.3) is 5.91 Å². The Labute approximate surface area is 100 Å². The second-order valence-electron chi connectivity index (χ2n) is 4.27. The van der Waals surface area contributed by atoms with Crippen molar-refractivity contribution < 1.29 is 4.79 Å². The number of carbonyl (C=O) groups excluding carboxylic acids is 1. The predicted molar refractivity (Wildman–Crippen MR) is 61.3 cm³/mol. The summed E-state index contributed by atoms with van der Waals surface area (Å²) in [5.74, 6) is -0.139.